The molecule has 0 unspecified atom stereocenters. The van der Waals surface area contributed by atoms with Gasteiger partial charge in [0.15, 0.2) is 0 Å². The molecule has 6 heteroatoms. The van der Waals surface area contributed by atoms with Gasteiger partial charge in [0.25, 0.3) is 0 Å². The van der Waals surface area contributed by atoms with Crippen LogP contribution in [0, 0.1) is 0 Å². The van der Waals surface area contributed by atoms with Gasteiger partial charge in [-0.15, -0.1) is 11.6 Å². The summed E-state index contributed by atoms with van der Waals surface area (Å²) >= 11 is 5.80. The minimum absolute atomic E-state index is 0.109. The van der Waals surface area contributed by atoms with Crippen LogP contribution < -0.4 is 4.74 Å². The monoisotopic (exact) mass is 331 g/mol. The predicted molar refractivity (Wildman–Crippen MR) is 84.4 cm³/mol. The highest BCUT2D eigenvalue weighted by atomic mass is 35.5. The highest BCUT2D eigenvalue weighted by Gasteiger charge is 2.33. The van der Waals surface area contributed by atoms with Gasteiger partial charge in [0, 0.05) is 18.5 Å². The maximum absolute atomic E-state index is 12.9. The fraction of sp³-hybridized carbons (Fsp3) is 0.600. The van der Waals surface area contributed by atoms with Crippen LogP contribution in [0.1, 0.15) is 38.2 Å². The fourth-order valence-electron chi connectivity index (χ4n) is 2.95. The first kappa shape index (κ1) is 16.6. The molecule has 0 radical (unpaired) electrons. The van der Waals surface area contributed by atoms with E-state index in [4.69, 9.17) is 16.3 Å². The molecule has 0 heterocycles. The molecule has 0 aromatic heterocycles. The highest BCUT2D eigenvalue weighted by molar-refractivity contribution is 7.89. The summed E-state index contributed by atoms with van der Waals surface area (Å²) in [5, 5.41) is 0. The quantitative estimate of drug-likeness (QED) is 0.751. The molecular formula is C15H22ClNO3S. The number of sulfonamides is 1. The van der Waals surface area contributed by atoms with Crippen molar-refractivity contribution >= 4 is 21.6 Å². The van der Waals surface area contributed by atoms with Crippen LogP contribution in [0.5, 0.6) is 5.75 Å². The second-order valence-electron chi connectivity index (χ2n) is 5.27. The number of rotatable bonds is 6. The fourth-order valence-corrected chi connectivity index (χ4v) is 4.95. The van der Waals surface area contributed by atoms with Gasteiger partial charge in [0.05, 0.1) is 7.11 Å². The molecule has 0 amide bonds. The molecule has 0 spiro atoms. The lowest BCUT2D eigenvalue weighted by Crippen LogP contribution is -2.38. The van der Waals surface area contributed by atoms with Crippen molar-refractivity contribution in [3.63, 3.8) is 0 Å². The summed E-state index contributed by atoms with van der Waals surface area (Å²) in [6.07, 6.45) is 4.07. The van der Waals surface area contributed by atoms with Crippen LogP contribution in [0.3, 0.4) is 0 Å². The predicted octanol–water partition coefficient (Wildman–Crippen LogP) is 3.39. The molecule has 0 atom stereocenters. The molecule has 0 saturated heterocycles. The van der Waals surface area contributed by atoms with E-state index in [0.717, 1.165) is 31.2 Å². The van der Waals surface area contributed by atoms with Crippen LogP contribution in [-0.2, 0) is 15.9 Å². The summed E-state index contributed by atoms with van der Waals surface area (Å²) < 4.78 is 32.8. The summed E-state index contributed by atoms with van der Waals surface area (Å²) in [6.45, 7) is 2.36. The van der Waals surface area contributed by atoms with Crippen molar-refractivity contribution in [2.45, 2.75) is 49.4 Å². The van der Waals surface area contributed by atoms with E-state index < -0.39 is 10.0 Å². The molecule has 1 aromatic rings. The largest absolute Gasteiger partial charge is 0.495 e. The Morgan fingerprint density at radius 1 is 1.33 bits per heavy atom. The molecule has 1 aliphatic carbocycles. The van der Waals surface area contributed by atoms with Crippen LogP contribution in [-0.4, -0.2) is 32.4 Å². The number of methoxy groups -OCH3 is 1. The van der Waals surface area contributed by atoms with E-state index in [1.54, 1.807) is 22.5 Å². The summed E-state index contributed by atoms with van der Waals surface area (Å²) in [5.41, 5.74) is 0.844. The van der Waals surface area contributed by atoms with Crippen molar-refractivity contribution in [2.75, 3.05) is 13.7 Å². The van der Waals surface area contributed by atoms with E-state index in [1.165, 1.54) is 7.11 Å². The summed E-state index contributed by atoms with van der Waals surface area (Å²) in [5.74, 6) is 0.696. The zero-order valence-corrected chi connectivity index (χ0v) is 14.1. The molecule has 0 bridgehead atoms. The zero-order valence-electron chi connectivity index (χ0n) is 12.5. The number of nitrogens with zero attached hydrogens (tertiary/aromatic N) is 1. The first-order chi connectivity index (χ1) is 10.0. The van der Waals surface area contributed by atoms with Crippen molar-refractivity contribution in [3.8, 4) is 5.75 Å². The lowest BCUT2D eigenvalue weighted by molar-refractivity contribution is 0.332. The van der Waals surface area contributed by atoms with Gasteiger partial charge in [0.1, 0.15) is 10.6 Å². The van der Waals surface area contributed by atoms with Crippen molar-refractivity contribution in [2.24, 2.45) is 0 Å². The number of ether oxygens (including phenoxy) is 1. The van der Waals surface area contributed by atoms with Crippen LogP contribution in [0.4, 0.5) is 0 Å². The van der Waals surface area contributed by atoms with E-state index in [0.29, 0.717) is 18.2 Å². The Hall–Kier alpha value is -0.780. The third-order valence-electron chi connectivity index (χ3n) is 4.01. The van der Waals surface area contributed by atoms with Crippen LogP contribution in [0.2, 0.25) is 0 Å². The number of hydrogen-bond donors (Lipinski definition) is 0. The van der Waals surface area contributed by atoms with Gasteiger partial charge in [-0.05, 0) is 30.5 Å². The molecule has 1 aliphatic rings. The highest BCUT2D eigenvalue weighted by Crippen LogP contribution is 2.33. The molecule has 4 nitrogen and oxygen atoms in total. The normalized spacial score (nSPS) is 16.6. The van der Waals surface area contributed by atoms with Crippen molar-refractivity contribution < 1.29 is 13.2 Å². The van der Waals surface area contributed by atoms with Crippen molar-refractivity contribution in [3.05, 3.63) is 23.8 Å². The topological polar surface area (TPSA) is 46.6 Å². The van der Waals surface area contributed by atoms with Crippen molar-refractivity contribution in [1.29, 1.82) is 0 Å². The second-order valence-corrected chi connectivity index (χ2v) is 7.39. The number of hydrogen-bond acceptors (Lipinski definition) is 3. The van der Waals surface area contributed by atoms with Crippen molar-refractivity contribution in [1.82, 2.24) is 4.31 Å². The third kappa shape index (κ3) is 3.35. The molecule has 1 saturated carbocycles. The lowest BCUT2D eigenvalue weighted by atomic mass is 10.2. The van der Waals surface area contributed by atoms with Crippen LogP contribution >= 0.6 is 11.6 Å². The number of alkyl halides is 1. The van der Waals surface area contributed by atoms with E-state index in [-0.39, 0.29) is 10.9 Å². The third-order valence-corrected chi connectivity index (χ3v) is 6.39. The molecule has 0 N–H and O–H groups in total. The average molecular weight is 332 g/mol. The Kier molecular flexibility index (Phi) is 5.52. The Labute approximate surface area is 132 Å². The van der Waals surface area contributed by atoms with Gasteiger partial charge in [-0.1, -0.05) is 25.8 Å². The Morgan fingerprint density at radius 3 is 2.52 bits per heavy atom. The van der Waals surface area contributed by atoms with Gasteiger partial charge in [-0.2, -0.15) is 4.31 Å². The Balaban J connectivity index is 2.42. The molecule has 0 aliphatic heterocycles. The molecule has 2 rings (SSSR count). The van der Waals surface area contributed by atoms with Crippen LogP contribution in [0.25, 0.3) is 0 Å². The standard InChI is InChI=1S/C15H22ClNO3S/c1-3-17(13-6-4-5-7-13)21(18,19)15-9-8-12(11-16)10-14(15)20-2/h8-10,13H,3-7,11H2,1-2H3. The summed E-state index contributed by atoms with van der Waals surface area (Å²) in [4.78, 5) is 0.229. The number of benzene rings is 1. The lowest BCUT2D eigenvalue weighted by Gasteiger charge is -2.27. The molecule has 21 heavy (non-hydrogen) atoms. The van der Waals surface area contributed by atoms with E-state index in [9.17, 15) is 8.42 Å². The molecular weight excluding hydrogens is 310 g/mol. The molecule has 1 aromatic carbocycles. The maximum Gasteiger partial charge on any atom is 0.246 e. The van der Waals surface area contributed by atoms with Gasteiger partial charge in [-0.25, -0.2) is 8.42 Å². The minimum Gasteiger partial charge on any atom is -0.495 e. The smallest absolute Gasteiger partial charge is 0.246 e. The first-order valence-corrected chi connectivity index (χ1v) is 9.26. The summed E-state index contributed by atoms with van der Waals surface area (Å²) in [7, 11) is -2.05. The van der Waals surface area contributed by atoms with E-state index >= 15 is 0 Å². The first-order valence-electron chi connectivity index (χ1n) is 7.29. The SMILES string of the molecule is CCN(C1CCCC1)S(=O)(=O)c1ccc(CCl)cc1OC. The Morgan fingerprint density at radius 2 is 2.00 bits per heavy atom. The number of halogens is 1. The van der Waals surface area contributed by atoms with E-state index in [1.807, 2.05) is 6.92 Å². The summed E-state index contributed by atoms with van der Waals surface area (Å²) in [6, 6.07) is 5.15. The maximum atomic E-state index is 12.9. The minimum atomic E-state index is -3.54. The van der Waals surface area contributed by atoms with Gasteiger partial charge >= 0.3 is 0 Å². The van der Waals surface area contributed by atoms with E-state index in [2.05, 4.69) is 0 Å². The van der Waals surface area contributed by atoms with Crippen LogP contribution in [0.15, 0.2) is 23.1 Å². The zero-order chi connectivity index (χ0) is 15.5. The van der Waals surface area contributed by atoms with Gasteiger partial charge in [0.2, 0.25) is 10.0 Å². The van der Waals surface area contributed by atoms with Gasteiger partial charge in [-0.3, -0.25) is 0 Å². The molecule has 118 valence electrons. The molecule has 1 fully saturated rings. The second kappa shape index (κ2) is 6.99. The Bertz CT molecular complexity index is 583. The van der Waals surface area contributed by atoms with Gasteiger partial charge < -0.3 is 4.74 Å². The average Bonchev–Trinajstić information content (AvgIpc) is 3.00.